The van der Waals surface area contributed by atoms with Crippen molar-refractivity contribution in [3.05, 3.63) is 29.8 Å². The lowest BCUT2D eigenvalue weighted by molar-refractivity contribution is -0.138. The third kappa shape index (κ3) is 5.85. The van der Waals surface area contributed by atoms with Gasteiger partial charge in [0.05, 0.1) is 0 Å². The number of ether oxygens (including phenoxy) is 1. The molecular formula is C16H23NO4. The Balaban J connectivity index is 2.54. The maximum atomic E-state index is 12.1. The van der Waals surface area contributed by atoms with Gasteiger partial charge in [-0.3, -0.25) is 9.59 Å². The van der Waals surface area contributed by atoms with Gasteiger partial charge in [0.25, 0.3) is 5.91 Å². The van der Waals surface area contributed by atoms with Gasteiger partial charge in [0.1, 0.15) is 5.75 Å². The van der Waals surface area contributed by atoms with Gasteiger partial charge >= 0.3 is 5.97 Å². The summed E-state index contributed by atoms with van der Waals surface area (Å²) in [6, 6.07) is 7.53. The maximum absolute atomic E-state index is 12.1. The summed E-state index contributed by atoms with van der Waals surface area (Å²) in [5.74, 6) is -0.488. The summed E-state index contributed by atoms with van der Waals surface area (Å²) in [5, 5.41) is 11.4. The van der Waals surface area contributed by atoms with E-state index in [0.717, 1.165) is 5.56 Å². The Labute approximate surface area is 125 Å². The molecular weight excluding hydrogens is 270 g/mol. The molecule has 0 aliphatic carbocycles. The molecule has 2 unspecified atom stereocenters. The van der Waals surface area contributed by atoms with Crippen LogP contribution in [-0.4, -0.2) is 29.6 Å². The van der Waals surface area contributed by atoms with Crippen molar-refractivity contribution in [2.45, 2.75) is 39.7 Å². The molecule has 1 rings (SSSR count). The van der Waals surface area contributed by atoms with E-state index in [-0.39, 0.29) is 18.2 Å². The van der Waals surface area contributed by atoms with Crippen LogP contribution in [-0.2, 0) is 9.59 Å². The van der Waals surface area contributed by atoms with E-state index in [0.29, 0.717) is 18.7 Å². The smallest absolute Gasteiger partial charge is 0.303 e. The number of carboxylic acids is 1. The van der Waals surface area contributed by atoms with Crippen LogP contribution in [0.25, 0.3) is 0 Å². The predicted octanol–water partition coefficient (Wildman–Crippen LogP) is 2.38. The highest BCUT2D eigenvalue weighted by Gasteiger charge is 2.19. The first-order chi connectivity index (χ1) is 9.93. The normalized spacial score (nSPS) is 13.3. The standard InChI is InChI=1S/C16H23NO4/c1-4-13(21-14-8-6-5-7-12(14)3)16(20)17-10-11(2)9-15(18)19/h5-8,11,13H,4,9-10H2,1-3H3,(H,17,20)(H,18,19). The van der Waals surface area contributed by atoms with Gasteiger partial charge in [-0.15, -0.1) is 0 Å². The van der Waals surface area contributed by atoms with Crippen LogP contribution in [0.1, 0.15) is 32.3 Å². The molecule has 0 heterocycles. The minimum atomic E-state index is -0.861. The maximum Gasteiger partial charge on any atom is 0.303 e. The summed E-state index contributed by atoms with van der Waals surface area (Å²) in [7, 11) is 0. The second-order valence-corrected chi connectivity index (χ2v) is 5.23. The number of benzene rings is 1. The minimum Gasteiger partial charge on any atom is -0.481 e. The Bertz CT molecular complexity index is 487. The SMILES string of the molecule is CCC(Oc1ccccc1C)C(=O)NCC(C)CC(=O)O. The van der Waals surface area contributed by atoms with Crippen LogP contribution in [0.2, 0.25) is 0 Å². The molecule has 1 amide bonds. The van der Waals surface area contributed by atoms with Crippen molar-refractivity contribution >= 4 is 11.9 Å². The molecule has 0 aliphatic heterocycles. The lowest BCUT2D eigenvalue weighted by Gasteiger charge is -2.19. The van der Waals surface area contributed by atoms with Gasteiger partial charge in [-0.1, -0.05) is 32.0 Å². The number of aliphatic carboxylic acids is 1. The van der Waals surface area contributed by atoms with Gasteiger partial charge in [-0.05, 0) is 30.9 Å². The molecule has 2 N–H and O–H groups in total. The van der Waals surface area contributed by atoms with E-state index in [1.165, 1.54) is 0 Å². The molecule has 5 nitrogen and oxygen atoms in total. The molecule has 0 bridgehead atoms. The Hall–Kier alpha value is -2.04. The summed E-state index contributed by atoms with van der Waals surface area (Å²) >= 11 is 0. The molecule has 5 heteroatoms. The predicted molar refractivity (Wildman–Crippen MR) is 80.3 cm³/mol. The quantitative estimate of drug-likeness (QED) is 0.771. The molecule has 116 valence electrons. The average molecular weight is 293 g/mol. The Morgan fingerprint density at radius 2 is 2.00 bits per heavy atom. The molecule has 0 saturated heterocycles. The lowest BCUT2D eigenvalue weighted by atomic mass is 10.1. The van der Waals surface area contributed by atoms with Crippen LogP contribution in [0.4, 0.5) is 0 Å². The van der Waals surface area contributed by atoms with Crippen LogP contribution in [0.3, 0.4) is 0 Å². The van der Waals surface area contributed by atoms with Crippen LogP contribution in [0.5, 0.6) is 5.75 Å². The summed E-state index contributed by atoms with van der Waals surface area (Å²) in [6.07, 6.45) is 0.0200. The van der Waals surface area contributed by atoms with Crippen molar-refractivity contribution in [2.24, 2.45) is 5.92 Å². The summed E-state index contributed by atoms with van der Waals surface area (Å²) < 4.78 is 5.74. The molecule has 0 aliphatic rings. The van der Waals surface area contributed by atoms with Crippen molar-refractivity contribution in [2.75, 3.05) is 6.54 Å². The van der Waals surface area contributed by atoms with Crippen molar-refractivity contribution in [3.63, 3.8) is 0 Å². The van der Waals surface area contributed by atoms with Crippen LogP contribution < -0.4 is 10.1 Å². The molecule has 0 aromatic heterocycles. The second kappa shape index (κ2) is 8.29. The number of nitrogens with one attached hydrogen (secondary N) is 1. The number of para-hydroxylation sites is 1. The minimum absolute atomic E-state index is 0.0374. The zero-order valence-electron chi connectivity index (χ0n) is 12.8. The van der Waals surface area contributed by atoms with E-state index in [1.807, 2.05) is 38.1 Å². The van der Waals surface area contributed by atoms with E-state index >= 15 is 0 Å². The van der Waals surface area contributed by atoms with Crippen LogP contribution >= 0.6 is 0 Å². The van der Waals surface area contributed by atoms with Crippen molar-refractivity contribution in [1.29, 1.82) is 0 Å². The highest BCUT2D eigenvalue weighted by Crippen LogP contribution is 2.18. The molecule has 0 saturated carbocycles. The zero-order chi connectivity index (χ0) is 15.8. The first kappa shape index (κ1) is 17.0. The van der Waals surface area contributed by atoms with Gasteiger partial charge in [-0.2, -0.15) is 0 Å². The topological polar surface area (TPSA) is 75.6 Å². The first-order valence-electron chi connectivity index (χ1n) is 7.15. The number of carboxylic acid groups (broad SMARTS) is 1. The Kier molecular flexibility index (Phi) is 6.72. The zero-order valence-corrected chi connectivity index (χ0v) is 12.8. The number of amides is 1. The van der Waals surface area contributed by atoms with Gasteiger partial charge in [-0.25, -0.2) is 0 Å². The van der Waals surface area contributed by atoms with Gasteiger partial charge in [0.15, 0.2) is 6.10 Å². The van der Waals surface area contributed by atoms with Crippen molar-refractivity contribution in [3.8, 4) is 5.75 Å². The van der Waals surface area contributed by atoms with Gasteiger partial charge in [0.2, 0.25) is 0 Å². The van der Waals surface area contributed by atoms with Crippen molar-refractivity contribution < 1.29 is 19.4 Å². The highest BCUT2D eigenvalue weighted by molar-refractivity contribution is 5.81. The molecule has 0 fully saturated rings. The fourth-order valence-corrected chi connectivity index (χ4v) is 1.92. The third-order valence-corrected chi connectivity index (χ3v) is 3.17. The summed E-state index contributed by atoms with van der Waals surface area (Å²) in [5.41, 5.74) is 0.975. The Morgan fingerprint density at radius 3 is 2.57 bits per heavy atom. The van der Waals surface area contributed by atoms with E-state index in [4.69, 9.17) is 9.84 Å². The number of hydrogen-bond donors (Lipinski definition) is 2. The number of carbonyl (C=O) groups excluding carboxylic acids is 1. The fraction of sp³-hybridized carbons (Fsp3) is 0.500. The number of carbonyl (C=O) groups is 2. The largest absolute Gasteiger partial charge is 0.481 e. The van der Waals surface area contributed by atoms with Gasteiger partial charge in [0, 0.05) is 13.0 Å². The van der Waals surface area contributed by atoms with E-state index in [1.54, 1.807) is 6.92 Å². The molecule has 21 heavy (non-hydrogen) atoms. The Morgan fingerprint density at radius 1 is 1.33 bits per heavy atom. The second-order valence-electron chi connectivity index (χ2n) is 5.23. The average Bonchev–Trinajstić information content (AvgIpc) is 2.43. The van der Waals surface area contributed by atoms with E-state index in [2.05, 4.69) is 5.32 Å². The monoisotopic (exact) mass is 293 g/mol. The number of aryl methyl sites for hydroxylation is 1. The first-order valence-corrected chi connectivity index (χ1v) is 7.15. The molecule has 1 aromatic carbocycles. The molecule has 1 aromatic rings. The molecule has 0 radical (unpaired) electrons. The third-order valence-electron chi connectivity index (χ3n) is 3.17. The lowest BCUT2D eigenvalue weighted by Crippen LogP contribution is -2.40. The van der Waals surface area contributed by atoms with Crippen LogP contribution in [0.15, 0.2) is 24.3 Å². The highest BCUT2D eigenvalue weighted by atomic mass is 16.5. The van der Waals surface area contributed by atoms with Crippen molar-refractivity contribution in [1.82, 2.24) is 5.32 Å². The summed E-state index contributed by atoms with van der Waals surface area (Å²) in [6.45, 7) is 5.93. The summed E-state index contributed by atoms with van der Waals surface area (Å²) in [4.78, 5) is 22.7. The molecule has 2 atom stereocenters. The van der Waals surface area contributed by atoms with E-state index < -0.39 is 12.1 Å². The molecule has 0 spiro atoms. The number of hydrogen-bond acceptors (Lipinski definition) is 3. The van der Waals surface area contributed by atoms with Crippen LogP contribution in [0, 0.1) is 12.8 Å². The fourth-order valence-electron chi connectivity index (χ4n) is 1.92. The number of rotatable bonds is 8. The van der Waals surface area contributed by atoms with E-state index in [9.17, 15) is 9.59 Å². The van der Waals surface area contributed by atoms with Gasteiger partial charge < -0.3 is 15.2 Å².